The van der Waals surface area contributed by atoms with Crippen LogP contribution in [0.15, 0.2) is 55.3 Å². The summed E-state index contributed by atoms with van der Waals surface area (Å²) in [6.45, 7) is 6.61. The van der Waals surface area contributed by atoms with Crippen LogP contribution in [0.4, 0.5) is 4.39 Å². The van der Waals surface area contributed by atoms with Crippen LogP contribution < -0.4 is 0 Å². The molecule has 1 aromatic carbocycles. The molecule has 1 aliphatic heterocycles. The van der Waals surface area contributed by atoms with Crippen molar-refractivity contribution in [2.75, 3.05) is 13.1 Å². The molecule has 0 saturated carbocycles. The largest absolute Gasteiger partial charge is 0.343 e. The summed E-state index contributed by atoms with van der Waals surface area (Å²) in [4.78, 5) is 12.8. The highest BCUT2D eigenvalue weighted by Crippen LogP contribution is 2.31. The third kappa shape index (κ3) is 4.19. The first-order chi connectivity index (χ1) is 13.5. The van der Waals surface area contributed by atoms with E-state index >= 15 is 0 Å². The number of benzene rings is 1. The lowest BCUT2D eigenvalue weighted by Gasteiger charge is -2.14. The van der Waals surface area contributed by atoms with Crippen molar-refractivity contribution in [2.24, 2.45) is 7.05 Å². The van der Waals surface area contributed by atoms with Crippen molar-refractivity contribution in [3.63, 3.8) is 0 Å². The molecule has 2 aromatic heterocycles. The lowest BCUT2D eigenvalue weighted by atomic mass is 10.1. The van der Waals surface area contributed by atoms with Gasteiger partial charge in [0.15, 0.2) is 0 Å². The van der Waals surface area contributed by atoms with E-state index in [0.29, 0.717) is 6.54 Å². The zero-order chi connectivity index (χ0) is 20.1. The molecule has 0 radical (unpaired) electrons. The number of aromatic nitrogens is 4. The normalized spacial score (nSPS) is 15.8. The molecule has 6 nitrogen and oxygen atoms in total. The first kappa shape index (κ1) is 19.5. The number of allylic oxidation sites excluding steroid dienone is 1. The minimum atomic E-state index is -0.273. The van der Waals surface area contributed by atoms with E-state index in [9.17, 15) is 9.18 Å². The molecule has 146 valence electrons. The van der Waals surface area contributed by atoms with Gasteiger partial charge in [-0.05, 0) is 49.7 Å². The summed E-state index contributed by atoms with van der Waals surface area (Å²) < 4.78 is 16.9. The van der Waals surface area contributed by atoms with Crippen LogP contribution in [-0.2, 0) is 11.8 Å². The van der Waals surface area contributed by atoms with E-state index in [4.69, 9.17) is 5.10 Å². The van der Waals surface area contributed by atoms with Gasteiger partial charge in [0.1, 0.15) is 11.5 Å². The van der Waals surface area contributed by atoms with E-state index in [0.717, 1.165) is 42.0 Å². The molecule has 4 rings (SSSR count). The number of nitrogens with zero attached hydrogens (tertiary/aromatic N) is 5. The molecule has 1 saturated heterocycles. The predicted octanol–water partition coefficient (Wildman–Crippen LogP) is 3.69. The highest BCUT2D eigenvalue weighted by Gasteiger charge is 2.27. The number of amides is 1. The van der Waals surface area contributed by atoms with Crippen molar-refractivity contribution in [1.29, 1.82) is 0 Å². The smallest absolute Gasteiger partial charge is 0.209 e. The van der Waals surface area contributed by atoms with Crippen LogP contribution in [-0.4, -0.2) is 44.0 Å². The van der Waals surface area contributed by atoms with Crippen LogP contribution in [0.1, 0.15) is 19.4 Å². The monoisotopic (exact) mass is 381 g/mol. The van der Waals surface area contributed by atoms with Crippen LogP contribution in [0.2, 0.25) is 0 Å². The molecule has 28 heavy (non-hydrogen) atoms. The van der Waals surface area contributed by atoms with E-state index in [2.05, 4.69) is 11.7 Å². The molecule has 1 aliphatic rings. The maximum atomic E-state index is 13.2. The number of likely N-dealkylation sites (tertiary alicyclic amines) is 1. The van der Waals surface area contributed by atoms with Crippen molar-refractivity contribution in [2.45, 2.75) is 19.4 Å². The maximum Gasteiger partial charge on any atom is 0.209 e. The third-order valence-electron chi connectivity index (χ3n) is 4.54. The fourth-order valence-corrected chi connectivity index (χ4v) is 3.24. The first-order valence-corrected chi connectivity index (χ1v) is 9.17. The van der Waals surface area contributed by atoms with E-state index < -0.39 is 0 Å². The lowest BCUT2D eigenvalue weighted by molar-refractivity contribution is -0.117. The van der Waals surface area contributed by atoms with Gasteiger partial charge in [-0.15, -0.1) is 6.58 Å². The van der Waals surface area contributed by atoms with Crippen LogP contribution in [0.25, 0.3) is 22.6 Å². The van der Waals surface area contributed by atoms with Crippen LogP contribution in [0.5, 0.6) is 0 Å². The zero-order valence-corrected chi connectivity index (χ0v) is 16.1. The molecule has 3 aromatic rings. The summed E-state index contributed by atoms with van der Waals surface area (Å²) >= 11 is 0. The molecule has 0 aliphatic carbocycles. The van der Waals surface area contributed by atoms with Gasteiger partial charge in [-0.1, -0.05) is 6.08 Å². The van der Waals surface area contributed by atoms with Gasteiger partial charge >= 0.3 is 0 Å². The Morgan fingerprint density at radius 1 is 1.18 bits per heavy atom. The number of halogens is 1. The second-order valence-electron chi connectivity index (χ2n) is 6.69. The van der Waals surface area contributed by atoms with Crippen LogP contribution >= 0.6 is 0 Å². The molecule has 1 unspecified atom stereocenters. The Morgan fingerprint density at radius 2 is 1.89 bits per heavy atom. The molecular formula is C21H24FN5O. The van der Waals surface area contributed by atoms with Crippen molar-refractivity contribution >= 4 is 6.41 Å². The zero-order valence-electron chi connectivity index (χ0n) is 16.1. The van der Waals surface area contributed by atoms with Gasteiger partial charge in [-0.25, -0.2) is 4.39 Å². The number of hydrogen-bond acceptors (Lipinski definition) is 3. The molecule has 0 bridgehead atoms. The molecule has 7 heteroatoms. The fraction of sp³-hybridized carbons (Fsp3) is 0.286. The van der Waals surface area contributed by atoms with Gasteiger partial charge in [0, 0.05) is 31.9 Å². The Bertz CT molecular complexity index is 944. The van der Waals surface area contributed by atoms with Gasteiger partial charge < -0.3 is 4.90 Å². The Labute approximate surface area is 163 Å². The van der Waals surface area contributed by atoms with Gasteiger partial charge in [-0.2, -0.15) is 10.2 Å². The van der Waals surface area contributed by atoms with E-state index in [1.54, 1.807) is 27.8 Å². The minimum absolute atomic E-state index is 0.108. The van der Waals surface area contributed by atoms with Crippen molar-refractivity contribution < 1.29 is 9.18 Å². The minimum Gasteiger partial charge on any atom is -0.343 e. The highest BCUT2D eigenvalue weighted by atomic mass is 19.1. The molecule has 1 amide bonds. The van der Waals surface area contributed by atoms with Crippen molar-refractivity contribution in [3.8, 4) is 22.6 Å². The summed E-state index contributed by atoms with van der Waals surface area (Å²) in [5, 5.41) is 9.23. The number of carbonyl (C=O) groups excluding carboxylic acids is 1. The van der Waals surface area contributed by atoms with E-state index in [1.165, 1.54) is 12.1 Å². The summed E-state index contributed by atoms with van der Waals surface area (Å²) in [6.07, 6.45) is 5.37. The van der Waals surface area contributed by atoms with E-state index in [-0.39, 0.29) is 11.9 Å². The van der Waals surface area contributed by atoms with E-state index in [1.807, 2.05) is 37.0 Å². The summed E-state index contributed by atoms with van der Waals surface area (Å²) in [6, 6.07) is 10.3. The van der Waals surface area contributed by atoms with Gasteiger partial charge in [0.2, 0.25) is 6.41 Å². The number of aryl methyl sites for hydroxylation is 1. The lowest BCUT2D eigenvalue weighted by Crippen LogP contribution is -2.20. The molecule has 1 atom stereocenters. The second kappa shape index (κ2) is 8.65. The molecule has 0 spiro atoms. The Balaban J connectivity index is 0.000000706. The first-order valence-electron chi connectivity index (χ1n) is 9.17. The summed E-state index contributed by atoms with van der Waals surface area (Å²) in [5.74, 6) is -0.273. The fourth-order valence-electron chi connectivity index (χ4n) is 3.24. The number of rotatable bonds is 4. The highest BCUT2D eigenvalue weighted by molar-refractivity contribution is 5.67. The van der Waals surface area contributed by atoms with Gasteiger partial charge in [0.25, 0.3) is 0 Å². The van der Waals surface area contributed by atoms with Crippen molar-refractivity contribution in [3.05, 3.63) is 61.1 Å². The SMILES string of the molecule is C=CC.Cn1ccc(-c2cc(-c3ccc(F)cc3)nn2C2CCN(C=O)C2)n1. The molecule has 3 heterocycles. The average Bonchev–Trinajstić information content (AvgIpc) is 3.41. The number of carbonyl (C=O) groups is 1. The second-order valence-corrected chi connectivity index (χ2v) is 6.69. The van der Waals surface area contributed by atoms with Gasteiger partial charge in [-0.3, -0.25) is 14.2 Å². The van der Waals surface area contributed by atoms with Crippen molar-refractivity contribution in [1.82, 2.24) is 24.5 Å². The Morgan fingerprint density at radius 3 is 2.46 bits per heavy atom. The van der Waals surface area contributed by atoms with Crippen LogP contribution in [0, 0.1) is 5.82 Å². The third-order valence-corrected chi connectivity index (χ3v) is 4.54. The predicted molar refractivity (Wildman–Crippen MR) is 107 cm³/mol. The Hall–Kier alpha value is -3.22. The van der Waals surface area contributed by atoms with Gasteiger partial charge in [0.05, 0.1) is 17.4 Å². The topological polar surface area (TPSA) is 56.0 Å². The quantitative estimate of drug-likeness (QED) is 0.512. The molecule has 0 N–H and O–H groups in total. The average molecular weight is 381 g/mol. The Kier molecular flexibility index (Phi) is 6.03. The standard InChI is InChI=1S/C18H18FN5O.C3H6/c1-22-8-7-16(20-22)18-10-17(13-2-4-14(19)5-3-13)21-24(18)15-6-9-23(11-15)12-25;1-3-2/h2-5,7-8,10,12,15H,6,9,11H2,1H3;3H,1H2,2H3. The molecular weight excluding hydrogens is 357 g/mol. The maximum absolute atomic E-state index is 13.2. The number of hydrogen-bond donors (Lipinski definition) is 0. The summed E-state index contributed by atoms with van der Waals surface area (Å²) in [5.41, 5.74) is 3.35. The van der Waals surface area contributed by atoms with Crippen LogP contribution in [0.3, 0.4) is 0 Å². The molecule has 1 fully saturated rings. The summed E-state index contributed by atoms with van der Waals surface area (Å²) in [7, 11) is 1.87.